The molecule has 8 heteroatoms. The number of carbonyl (C=O) groups is 2. The van der Waals surface area contributed by atoms with Gasteiger partial charge in [0.1, 0.15) is 0 Å². The minimum Gasteiger partial charge on any atom is -0.478 e. The van der Waals surface area contributed by atoms with Crippen LogP contribution in [0.4, 0.5) is 0 Å². The Bertz CT molecular complexity index is 381. The van der Waals surface area contributed by atoms with Gasteiger partial charge < -0.3 is 21.7 Å². The fourth-order valence-corrected chi connectivity index (χ4v) is 0.748. The van der Waals surface area contributed by atoms with Gasteiger partial charge in [0, 0.05) is 6.20 Å². The molecule has 1 rings (SSSR count). The van der Waals surface area contributed by atoms with Crippen molar-refractivity contribution in [2.24, 2.45) is 11.5 Å². The van der Waals surface area contributed by atoms with Crippen molar-refractivity contribution in [1.29, 1.82) is 5.41 Å². The van der Waals surface area contributed by atoms with E-state index in [4.69, 9.17) is 15.6 Å². The molecule has 0 aliphatic rings. The molecule has 0 radical (unpaired) electrons. The molecule has 0 aliphatic carbocycles. The van der Waals surface area contributed by atoms with Crippen LogP contribution in [0, 0.1) is 5.41 Å². The van der Waals surface area contributed by atoms with Crippen LogP contribution in [0.3, 0.4) is 0 Å². The molecule has 8 nitrogen and oxygen atoms in total. The summed E-state index contributed by atoms with van der Waals surface area (Å²) in [5.41, 5.74) is 8.20. The zero-order valence-corrected chi connectivity index (χ0v) is 8.04. The number of aromatic carboxylic acids is 2. The molecule has 86 valence electrons. The van der Waals surface area contributed by atoms with Gasteiger partial charge in [-0.1, -0.05) is 0 Å². The van der Waals surface area contributed by atoms with E-state index in [0.717, 1.165) is 0 Å². The fourth-order valence-electron chi connectivity index (χ4n) is 0.748. The van der Waals surface area contributed by atoms with Crippen molar-refractivity contribution in [3.05, 3.63) is 29.6 Å². The number of hydrogen-bond acceptors (Lipinski definition) is 4. The molecule has 0 atom stereocenters. The molecule has 1 aromatic heterocycles. The third kappa shape index (κ3) is 4.56. The summed E-state index contributed by atoms with van der Waals surface area (Å²) in [5, 5.41) is 23.1. The summed E-state index contributed by atoms with van der Waals surface area (Å²) >= 11 is 0. The van der Waals surface area contributed by atoms with Crippen LogP contribution in [0.1, 0.15) is 20.8 Å². The van der Waals surface area contributed by atoms with Crippen LogP contribution in [0.5, 0.6) is 0 Å². The lowest BCUT2D eigenvalue weighted by atomic mass is 10.2. The van der Waals surface area contributed by atoms with Gasteiger partial charge in [0.25, 0.3) is 0 Å². The average Bonchev–Trinajstić information content (AvgIpc) is 2.16. The van der Waals surface area contributed by atoms with Crippen molar-refractivity contribution in [1.82, 2.24) is 4.98 Å². The van der Waals surface area contributed by atoms with Gasteiger partial charge in [-0.2, -0.15) is 0 Å². The van der Waals surface area contributed by atoms with Crippen LogP contribution in [0.2, 0.25) is 0 Å². The molecule has 0 aliphatic heterocycles. The largest absolute Gasteiger partial charge is 0.478 e. The van der Waals surface area contributed by atoms with E-state index >= 15 is 0 Å². The van der Waals surface area contributed by atoms with Gasteiger partial charge in [-0.05, 0) is 12.1 Å². The molecule has 0 saturated carbocycles. The van der Waals surface area contributed by atoms with E-state index in [-0.39, 0.29) is 11.5 Å². The van der Waals surface area contributed by atoms with Crippen molar-refractivity contribution >= 4 is 17.9 Å². The number of carboxylic acid groups (broad SMARTS) is 2. The fraction of sp³-hybridized carbons (Fsp3) is 0. The summed E-state index contributed by atoms with van der Waals surface area (Å²) in [7, 11) is 0. The van der Waals surface area contributed by atoms with Gasteiger partial charge in [0.2, 0.25) is 0 Å². The first kappa shape index (κ1) is 13.4. The Balaban J connectivity index is 0.000000487. The highest BCUT2D eigenvalue weighted by atomic mass is 16.4. The number of pyridine rings is 1. The second kappa shape index (κ2) is 5.96. The Morgan fingerprint density at radius 2 is 1.75 bits per heavy atom. The Morgan fingerprint density at radius 3 is 2.06 bits per heavy atom. The molecule has 0 saturated heterocycles. The second-order valence-corrected chi connectivity index (χ2v) is 2.47. The first-order valence-electron chi connectivity index (χ1n) is 3.87. The van der Waals surface area contributed by atoms with Gasteiger partial charge in [0.05, 0.1) is 5.56 Å². The summed E-state index contributed by atoms with van der Waals surface area (Å²) in [6.45, 7) is 0. The summed E-state index contributed by atoms with van der Waals surface area (Å²) < 4.78 is 0. The Hall–Kier alpha value is -2.64. The predicted octanol–water partition coefficient (Wildman–Crippen LogP) is -0.683. The van der Waals surface area contributed by atoms with Crippen molar-refractivity contribution in [2.45, 2.75) is 0 Å². The lowest BCUT2D eigenvalue weighted by molar-refractivity contribution is 0.0646. The van der Waals surface area contributed by atoms with E-state index < -0.39 is 17.6 Å². The molecule has 0 amide bonds. The molecular formula is C8H10N4O4. The lowest BCUT2D eigenvalue weighted by Gasteiger charge is -1.97. The highest BCUT2D eigenvalue weighted by Gasteiger charge is 2.15. The first-order valence-corrected chi connectivity index (χ1v) is 3.87. The van der Waals surface area contributed by atoms with E-state index in [1.54, 1.807) is 0 Å². The molecule has 0 unspecified atom stereocenters. The third-order valence-corrected chi connectivity index (χ3v) is 1.24. The SMILES string of the molecule is N=C(N)N.O=C(O)c1cccnc1C(=O)O. The van der Waals surface area contributed by atoms with Gasteiger partial charge in [-0.15, -0.1) is 0 Å². The monoisotopic (exact) mass is 226 g/mol. The standard InChI is InChI=1S/C7H5NO4.CH5N3/c9-6(10)4-2-1-3-8-5(4)7(11)12;2-1(3)4/h1-3H,(H,9,10)(H,11,12);(H5,2,3,4). The maximum atomic E-state index is 10.4. The molecule has 7 N–H and O–H groups in total. The number of aromatic nitrogens is 1. The molecule has 1 heterocycles. The molecule has 0 aromatic carbocycles. The summed E-state index contributed by atoms with van der Waals surface area (Å²) in [5.74, 6) is -2.96. The van der Waals surface area contributed by atoms with Crippen LogP contribution < -0.4 is 11.5 Å². The maximum absolute atomic E-state index is 10.4. The number of carboxylic acids is 2. The van der Waals surface area contributed by atoms with E-state index in [2.05, 4.69) is 16.5 Å². The van der Waals surface area contributed by atoms with E-state index in [9.17, 15) is 9.59 Å². The molecule has 0 spiro atoms. The second-order valence-electron chi connectivity index (χ2n) is 2.47. The van der Waals surface area contributed by atoms with Gasteiger partial charge in [-0.25, -0.2) is 14.6 Å². The first-order chi connectivity index (χ1) is 7.36. The Labute approximate surface area is 90.0 Å². The topological polar surface area (TPSA) is 163 Å². The number of guanidine groups is 1. The van der Waals surface area contributed by atoms with E-state index in [1.165, 1.54) is 18.3 Å². The van der Waals surface area contributed by atoms with Gasteiger partial charge >= 0.3 is 11.9 Å². The highest BCUT2D eigenvalue weighted by Crippen LogP contribution is 2.04. The van der Waals surface area contributed by atoms with Crippen LogP contribution >= 0.6 is 0 Å². The van der Waals surface area contributed by atoms with Crippen molar-refractivity contribution < 1.29 is 19.8 Å². The number of nitrogens with zero attached hydrogens (tertiary/aromatic N) is 1. The van der Waals surface area contributed by atoms with Crippen LogP contribution in [0.25, 0.3) is 0 Å². The summed E-state index contributed by atoms with van der Waals surface area (Å²) in [6.07, 6.45) is 1.23. The molecule has 0 fully saturated rings. The zero-order valence-electron chi connectivity index (χ0n) is 8.04. The van der Waals surface area contributed by atoms with E-state index in [0.29, 0.717) is 0 Å². The van der Waals surface area contributed by atoms with Crippen LogP contribution in [0.15, 0.2) is 18.3 Å². The predicted molar refractivity (Wildman–Crippen MR) is 54.3 cm³/mol. The third-order valence-electron chi connectivity index (χ3n) is 1.24. The summed E-state index contributed by atoms with van der Waals surface area (Å²) in [4.78, 5) is 24.2. The summed E-state index contributed by atoms with van der Waals surface area (Å²) in [6, 6.07) is 2.56. The number of nitrogens with two attached hydrogens (primary N) is 2. The van der Waals surface area contributed by atoms with Crippen molar-refractivity contribution in [3.63, 3.8) is 0 Å². The molecule has 16 heavy (non-hydrogen) atoms. The van der Waals surface area contributed by atoms with Crippen molar-refractivity contribution in [2.75, 3.05) is 0 Å². The maximum Gasteiger partial charge on any atom is 0.355 e. The molecular weight excluding hydrogens is 216 g/mol. The van der Waals surface area contributed by atoms with Crippen LogP contribution in [-0.4, -0.2) is 33.1 Å². The quantitative estimate of drug-likeness (QED) is 0.329. The van der Waals surface area contributed by atoms with Crippen LogP contribution in [-0.2, 0) is 0 Å². The minimum atomic E-state index is -1.34. The minimum absolute atomic E-state index is 0.301. The number of hydrogen-bond donors (Lipinski definition) is 5. The number of nitrogens with one attached hydrogen (secondary N) is 1. The molecule has 1 aromatic rings. The number of rotatable bonds is 2. The van der Waals surface area contributed by atoms with Gasteiger partial charge in [0.15, 0.2) is 11.7 Å². The normalized spacial score (nSPS) is 8.50. The highest BCUT2D eigenvalue weighted by molar-refractivity contribution is 5.99. The molecule has 0 bridgehead atoms. The zero-order chi connectivity index (χ0) is 12.7. The average molecular weight is 226 g/mol. The van der Waals surface area contributed by atoms with E-state index in [1.807, 2.05) is 0 Å². The Kier molecular flexibility index (Phi) is 4.98. The smallest absolute Gasteiger partial charge is 0.355 e. The van der Waals surface area contributed by atoms with Crippen molar-refractivity contribution in [3.8, 4) is 0 Å². The van der Waals surface area contributed by atoms with Gasteiger partial charge in [-0.3, -0.25) is 5.41 Å². The lowest BCUT2D eigenvalue weighted by Crippen LogP contribution is -2.20. The Morgan fingerprint density at radius 1 is 1.25 bits per heavy atom.